The van der Waals surface area contributed by atoms with Gasteiger partial charge in [0.05, 0.1) is 6.07 Å². The molecule has 0 aromatic heterocycles. The summed E-state index contributed by atoms with van der Waals surface area (Å²) in [6, 6.07) is 1.78. The van der Waals surface area contributed by atoms with Crippen molar-refractivity contribution < 1.29 is 4.79 Å². The van der Waals surface area contributed by atoms with Crippen molar-refractivity contribution in [3.8, 4) is 6.07 Å². The average Bonchev–Trinajstić information content (AvgIpc) is 2.07. The Morgan fingerprint density at radius 2 is 2.21 bits per heavy atom. The zero-order valence-electron chi connectivity index (χ0n) is 8.92. The average molecular weight is 194 g/mol. The fraction of sp³-hybridized carbons (Fsp3) is 0.818. The molecule has 1 fully saturated rings. The second-order valence-corrected chi connectivity index (χ2v) is 4.42. The van der Waals surface area contributed by atoms with Gasteiger partial charge in [0, 0.05) is 6.42 Å². The molecule has 1 aliphatic rings. The second kappa shape index (κ2) is 4.99. The molecule has 0 aromatic carbocycles. The van der Waals surface area contributed by atoms with Crippen LogP contribution < -0.4 is 5.32 Å². The van der Waals surface area contributed by atoms with Crippen molar-refractivity contribution >= 4 is 5.91 Å². The maximum atomic E-state index is 11.5. The highest BCUT2D eigenvalue weighted by Crippen LogP contribution is 2.29. The van der Waals surface area contributed by atoms with Crippen LogP contribution in [-0.4, -0.2) is 11.9 Å². The quantitative estimate of drug-likeness (QED) is 0.742. The summed E-state index contributed by atoms with van der Waals surface area (Å²) in [4.78, 5) is 11.5. The number of nitriles is 1. The Balaban J connectivity index is 2.27. The minimum atomic E-state index is -0.331. The van der Waals surface area contributed by atoms with E-state index in [1.54, 1.807) is 0 Å². The van der Waals surface area contributed by atoms with Crippen LogP contribution in [0, 0.1) is 23.2 Å². The highest BCUT2D eigenvalue weighted by molar-refractivity contribution is 5.77. The lowest BCUT2D eigenvalue weighted by Gasteiger charge is -2.25. The van der Waals surface area contributed by atoms with Gasteiger partial charge in [-0.15, -0.1) is 0 Å². The number of carbonyl (C=O) groups excluding carboxylic acids is 1. The molecule has 14 heavy (non-hydrogen) atoms. The molecule has 0 radical (unpaired) electrons. The van der Waals surface area contributed by atoms with Crippen LogP contribution in [0.1, 0.15) is 39.5 Å². The van der Waals surface area contributed by atoms with Crippen molar-refractivity contribution in [3.05, 3.63) is 0 Å². The molecular weight excluding hydrogens is 176 g/mol. The molecule has 0 aromatic rings. The van der Waals surface area contributed by atoms with Crippen LogP contribution in [0.25, 0.3) is 0 Å². The van der Waals surface area contributed by atoms with Gasteiger partial charge in [0.1, 0.15) is 6.04 Å². The van der Waals surface area contributed by atoms with E-state index in [4.69, 9.17) is 5.26 Å². The molecule has 0 spiro atoms. The predicted molar refractivity (Wildman–Crippen MR) is 54.3 cm³/mol. The molecule has 1 saturated carbocycles. The van der Waals surface area contributed by atoms with Gasteiger partial charge >= 0.3 is 0 Å². The summed E-state index contributed by atoms with van der Waals surface area (Å²) in [5.41, 5.74) is 0. The first-order valence-electron chi connectivity index (χ1n) is 5.32. The summed E-state index contributed by atoms with van der Waals surface area (Å²) in [6.45, 7) is 3.88. The van der Waals surface area contributed by atoms with Crippen LogP contribution in [-0.2, 0) is 4.79 Å². The lowest BCUT2D eigenvalue weighted by Crippen LogP contribution is -2.38. The van der Waals surface area contributed by atoms with Crippen molar-refractivity contribution in [2.24, 2.45) is 11.8 Å². The van der Waals surface area contributed by atoms with Crippen LogP contribution in [0.3, 0.4) is 0 Å². The fourth-order valence-electron chi connectivity index (χ4n) is 1.54. The van der Waals surface area contributed by atoms with Gasteiger partial charge in [-0.3, -0.25) is 4.79 Å². The number of nitrogens with zero attached hydrogens (tertiary/aromatic N) is 1. The van der Waals surface area contributed by atoms with Gasteiger partial charge in [0.2, 0.25) is 5.91 Å². The van der Waals surface area contributed by atoms with E-state index in [1.807, 2.05) is 13.8 Å². The Labute approximate surface area is 85.5 Å². The summed E-state index contributed by atoms with van der Waals surface area (Å²) in [7, 11) is 0. The smallest absolute Gasteiger partial charge is 0.221 e. The highest BCUT2D eigenvalue weighted by atomic mass is 16.1. The van der Waals surface area contributed by atoms with Gasteiger partial charge in [-0.05, 0) is 24.7 Å². The van der Waals surface area contributed by atoms with E-state index < -0.39 is 0 Å². The molecule has 0 bridgehead atoms. The third-order valence-corrected chi connectivity index (χ3v) is 2.82. The van der Waals surface area contributed by atoms with Crippen LogP contribution >= 0.6 is 0 Å². The Morgan fingerprint density at radius 1 is 1.57 bits per heavy atom. The molecular formula is C11H18N2O. The fourth-order valence-corrected chi connectivity index (χ4v) is 1.54. The van der Waals surface area contributed by atoms with Gasteiger partial charge in [-0.25, -0.2) is 0 Å². The van der Waals surface area contributed by atoms with E-state index in [0.717, 1.165) is 0 Å². The first-order valence-corrected chi connectivity index (χ1v) is 5.32. The van der Waals surface area contributed by atoms with Crippen LogP contribution in [0.15, 0.2) is 0 Å². The van der Waals surface area contributed by atoms with Gasteiger partial charge in [0.25, 0.3) is 0 Å². The molecule has 78 valence electrons. The largest absolute Gasteiger partial charge is 0.340 e. The molecule has 1 unspecified atom stereocenters. The first kappa shape index (κ1) is 11.0. The van der Waals surface area contributed by atoms with Crippen molar-refractivity contribution in [2.45, 2.75) is 45.6 Å². The van der Waals surface area contributed by atoms with E-state index in [1.165, 1.54) is 19.3 Å². The SMILES string of the molecule is CC(C)C(C#N)NC(=O)CC1CCC1. The van der Waals surface area contributed by atoms with Gasteiger partial charge in [-0.1, -0.05) is 20.3 Å². The van der Waals surface area contributed by atoms with E-state index in [2.05, 4.69) is 11.4 Å². The number of rotatable bonds is 4. The maximum absolute atomic E-state index is 11.5. The van der Waals surface area contributed by atoms with Gasteiger partial charge in [0.15, 0.2) is 0 Å². The molecule has 3 heteroatoms. The van der Waals surface area contributed by atoms with Gasteiger partial charge in [-0.2, -0.15) is 5.26 Å². The van der Waals surface area contributed by atoms with Crippen LogP contribution in [0.4, 0.5) is 0 Å². The van der Waals surface area contributed by atoms with Crippen LogP contribution in [0.2, 0.25) is 0 Å². The van der Waals surface area contributed by atoms with Crippen molar-refractivity contribution in [1.29, 1.82) is 5.26 Å². The Kier molecular flexibility index (Phi) is 3.94. The molecule has 1 N–H and O–H groups in total. The first-order chi connectivity index (χ1) is 6.63. The zero-order valence-corrected chi connectivity index (χ0v) is 8.92. The molecule has 1 aliphatic carbocycles. The molecule has 0 saturated heterocycles. The molecule has 0 aliphatic heterocycles. The molecule has 1 amide bonds. The third-order valence-electron chi connectivity index (χ3n) is 2.82. The monoisotopic (exact) mass is 194 g/mol. The Bertz CT molecular complexity index is 238. The molecule has 3 nitrogen and oxygen atoms in total. The number of hydrogen-bond acceptors (Lipinski definition) is 2. The Hall–Kier alpha value is -1.04. The molecule has 0 heterocycles. The second-order valence-electron chi connectivity index (χ2n) is 4.42. The summed E-state index contributed by atoms with van der Waals surface area (Å²) >= 11 is 0. The van der Waals surface area contributed by atoms with E-state index in [9.17, 15) is 4.79 Å². The normalized spacial score (nSPS) is 18.4. The number of hydrogen-bond donors (Lipinski definition) is 1. The minimum Gasteiger partial charge on any atom is -0.340 e. The van der Waals surface area contributed by atoms with Gasteiger partial charge < -0.3 is 5.32 Å². The van der Waals surface area contributed by atoms with E-state index >= 15 is 0 Å². The van der Waals surface area contributed by atoms with Crippen LogP contribution in [0.5, 0.6) is 0 Å². The number of amides is 1. The predicted octanol–water partition coefficient (Wildman–Crippen LogP) is 1.84. The topological polar surface area (TPSA) is 52.9 Å². The molecule has 1 atom stereocenters. The Morgan fingerprint density at radius 3 is 2.57 bits per heavy atom. The number of nitrogens with one attached hydrogen (secondary N) is 1. The summed E-state index contributed by atoms with van der Waals surface area (Å²) in [5.74, 6) is 0.793. The van der Waals surface area contributed by atoms with Crippen molar-refractivity contribution in [3.63, 3.8) is 0 Å². The maximum Gasteiger partial charge on any atom is 0.221 e. The van der Waals surface area contributed by atoms with E-state index in [-0.39, 0.29) is 17.9 Å². The summed E-state index contributed by atoms with van der Waals surface area (Å²) in [5, 5.41) is 11.6. The van der Waals surface area contributed by atoms with E-state index in [0.29, 0.717) is 12.3 Å². The summed E-state index contributed by atoms with van der Waals surface area (Å²) in [6.07, 6.45) is 4.20. The zero-order chi connectivity index (χ0) is 10.6. The lowest BCUT2D eigenvalue weighted by molar-refractivity contribution is -0.123. The van der Waals surface area contributed by atoms with Crippen molar-refractivity contribution in [2.75, 3.05) is 0 Å². The standard InChI is InChI=1S/C11H18N2O/c1-8(2)10(7-12)13-11(14)6-9-4-3-5-9/h8-10H,3-6H2,1-2H3,(H,13,14). The van der Waals surface area contributed by atoms with Crippen molar-refractivity contribution in [1.82, 2.24) is 5.32 Å². The lowest BCUT2D eigenvalue weighted by atomic mass is 9.83. The molecule has 1 rings (SSSR count). The third kappa shape index (κ3) is 3.02. The minimum absolute atomic E-state index is 0.0370. The highest BCUT2D eigenvalue weighted by Gasteiger charge is 2.22. The summed E-state index contributed by atoms with van der Waals surface area (Å²) < 4.78 is 0. The number of carbonyl (C=O) groups is 1.